The Hall–Kier alpha value is -0.620. The predicted molar refractivity (Wildman–Crippen MR) is 88.0 cm³/mol. The van der Waals surface area contributed by atoms with Gasteiger partial charge in [0.05, 0.1) is 5.75 Å². The molecule has 0 bridgehead atoms. The molecule has 6 heteroatoms. The zero-order valence-electron chi connectivity index (χ0n) is 14.0. The number of carbonyl (C=O) groups is 1. The molecule has 128 valence electrons. The van der Waals surface area contributed by atoms with E-state index in [0.29, 0.717) is 38.4 Å². The third-order valence-corrected chi connectivity index (χ3v) is 7.12. The normalized spacial score (nSPS) is 25.4. The monoisotopic (exact) mass is 330 g/mol. The number of nitrogens with zero attached hydrogens (tertiary/aromatic N) is 2. The molecular weight excluding hydrogens is 300 g/mol. The molecule has 2 heterocycles. The third-order valence-electron chi connectivity index (χ3n) is 5.04. The highest BCUT2D eigenvalue weighted by Crippen LogP contribution is 2.27. The third kappa shape index (κ3) is 4.02. The van der Waals surface area contributed by atoms with Gasteiger partial charge in [0.15, 0.2) is 0 Å². The molecule has 0 saturated carbocycles. The van der Waals surface area contributed by atoms with Crippen LogP contribution in [0.2, 0.25) is 0 Å². The Balaban J connectivity index is 1.92. The molecule has 0 aromatic rings. The number of piperidine rings is 2. The second-order valence-electron chi connectivity index (χ2n) is 6.58. The van der Waals surface area contributed by atoms with Crippen LogP contribution in [0.15, 0.2) is 0 Å². The Morgan fingerprint density at radius 3 is 2.32 bits per heavy atom. The zero-order valence-corrected chi connectivity index (χ0v) is 14.8. The molecule has 2 aliphatic rings. The summed E-state index contributed by atoms with van der Waals surface area (Å²) in [6.07, 6.45) is 6.46. The van der Waals surface area contributed by atoms with Crippen molar-refractivity contribution in [1.82, 2.24) is 9.21 Å². The molecule has 22 heavy (non-hydrogen) atoms. The van der Waals surface area contributed by atoms with E-state index in [9.17, 15) is 13.2 Å². The van der Waals surface area contributed by atoms with E-state index in [2.05, 4.69) is 11.8 Å². The summed E-state index contributed by atoms with van der Waals surface area (Å²) in [6.45, 7) is 5.92. The van der Waals surface area contributed by atoms with Gasteiger partial charge in [-0.05, 0) is 44.9 Å². The molecule has 1 amide bonds. The quantitative estimate of drug-likeness (QED) is 0.777. The number of amides is 1. The van der Waals surface area contributed by atoms with Crippen molar-refractivity contribution >= 4 is 15.9 Å². The highest BCUT2D eigenvalue weighted by Gasteiger charge is 2.35. The smallest absolute Gasteiger partial charge is 0.226 e. The van der Waals surface area contributed by atoms with Crippen molar-refractivity contribution in [2.75, 3.05) is 25.4 Å². The van der Waals surface area contributed by atoms with E-state index in [4.69, 9.17) is 0 Å². The molecular formula is C16H30N2O3S. The second-order valence-corrected chi connectivity index (χ2v) is 8.67. The summed E-state index contributed by atoms with van der Waals surface area (Å²) in [4.78, 5) is 14.8. The first-order chi connectivity index (χ1) is 10.5. The summed E-state index contributed by atoms with van der Waals surface area (Å²) >= 11 is 0. The van der Waals surface area contributed by atoms with Crippen molar-refractivity contribution < 1.29 is 13.2 Å². The summed E-state index contributed by atoms with van der Waals surface area (Å²) in [7, 11) is -3.11. The minimum absolute atomic E-state index is 0.0141. The summed E-state index contributed by atoms with van der Waals surface area (Å²) < 4.78 is 25.8. The lowest BCUT2D eigenvalue weighted by Gasteiger charge is -2.39. The average molecular weight is 330 g/mol. The number of hydrogen-bond donors (Lipinski definition) is 0. The molecule has 0 N–H and O–H groups in total. The topological polar surface area (TPSA) is 57.7 Å². The summed E-state index contributed by atoms with van der Waals surface area (Å²) in [5.41, 5.74) is 0. The van der Waals surface area contributed by atoms with Gasteiger partial charge in [0, 0.05) is 31.6 Å². The van der Waals surface area contributed by atoms with E-state index >= 15 is 0 Å². The van der Waals surface area contributed by atoms with Crippen LogP contribution >= 0.6 is 0 Å². The Labute approximate surface area is 135 Å². The number of carbonyl (C=O) groups excluding carboxylic acids is 1. The molecule has 0 aromatic heterocycles. The van der Waals surface area contributed by atoms with Gasteiger partial charge in [0.2, 0.25) is 15.9 Å². The van der Waals surface area contributed by atoms with Crippen molar-refractivity contribution in [3.8, 4) is 0 Å². The van der Waals surface area contributed by atoms with Crippen LogP contribution in [0.5, 0.6) is 0 Å². The lowest BCUT2D eigenvalue weighted by Crippen LogP contribution is -2.49. The molecule has 0 spiro atoms. The van der Waals surface area contributed by atoms with Gasteiger partial charge in [-0.1, -0.05) is 13.8 Å². The lowest BCUT2D eigenvalue weighted by atomic mass is 9.92. The Morgan fingerprint density at radius 1 is 1.05 bits per heavy atom. The van der Waals surface area contributed by atoms with Crippen LogP contribution in [0.25, 0.3) is 0 Å². The maximum absolute atomic E-state index is 12.8. The van der Waals surface area contributed by atoms with E-state index in [1.807, 2.05) is 6.92 Å². The van der Waals surface area contributed by atoms with Gasteiger partial charge in [0.1, 0.15) is 0 Å². The maximum atomic E-state index is 12.8. The minimum Gasteiger partial charge on any atom is -0.339 e. The molecule has 2 saturated heterocycles. The first kappa shape index (κ1) is 17.7. The molecule has 1 unspecified atom stereocenters. The van der Waals surface area contributed by atoms with Gasteiger partial charge in [-0.2, -0.15) is 0 Å². The van der Waals surface area contributed by atoms with Crippen molar-refractivity contribution in [2.45, 2.75) is 64.8 Å². The molecule has 2 rings (SSSR count). The number of hydrogen-bond acceptors (Lipinski definition) is 3. The molecule has 2 fully saturated rings. The lowest BCUT2D eigenvalue weighted by molar-refractivity contribution is -0.140. The fourth-order valence-electron chi connectivity index (χ4n) is 3.72. The summed E-state index contributed by atoms with van der Waals surface area (Å²) in [6, 6.07) is 0.392. The molecule has 0 radical (unpaired) electrons. The highest BCUT2D eigenvalue weighted by atomic mass is 32.2. The van der Waals surface area contributed by atoms with Crippen molar-refractivity contribution in [3.63, 3.8) is 0 Å². The van der Waals surface area contributed by atoms with Crippen molar-refractivity contribution in [2.24, 2.45) is 5.92 Å². The van der Waals surface area contributed by atoms with Gasteiger partial charge in [0.25, 0.3) is 0 Å². The van der Waals surface area contributed by atoms with E-state index in [0.717, 1.165) is 25.8 Å². The van der Waals surface area contributed by atoms with Crippen LogP contribution in [0, 0.1) is 5.92 Å². The van der Waals surface area contributed by atoms with Crippen LogP contribution < -0.4 is 0 Å². The van der Waals surface area contributed by atoms with Crippen LogP contribution in [-0.4, -0.2) is 55.0 Å². The fourth-order valence-corrected chi connectivity index (χ4v) is 5.26. The van der Waals surface area contributed by atoms with Crippen LogP contribution in [0.4, 0.5) is 0 Å². The zero-order chi connectivity index (χ0) is 16.2. The predicted octanol–water partition coefficient (Wildman–Crippen LogP) is 2.23. The first-order valence-electron chi connectivity index (χ1n) is 8.78. The average Bonchev–Trinajstić information content (AvgIpc) is 2.54. The van der Waals surface area contributed by atoms with Gasteiger partial charge >= 0.3 is 0 Å². The van der Waals surface area contributed by atoms with Gasteiger partial charge in [-0.3, -0.25) is 4.79 Å². The van der Waals surface area contributed by atoms with E-state index in [1.165, 1.54) is 6.42 Å². The molecule has 5 nitrogen and oxygen atoms in total. The largest absolute Gasteiger partial charge is 0.339 e. The Kier molecular flexibility index (Phi) is 6.26. The van der Waals surface area contributed by atoms with Gasteiger partial charge < -0.3 is 4.90 Å². The molecule has 0 aliphatic carbocycles. The molecule has 1 atom stereocenters. The van der Waals surface area contributed by atoms with Crippen molar-refractivity contribution in [1.29, 1.82) is 0 Å². The first-order valence-corrected chi connectivity index (χ1v) is 10.4. The van der Waals surface area contributed by atoms with Crippen molar-refractivity contribution in [3.05, 3.63) is 0 Å². The SMILES string of the molecule is CCCS(=O)(=O)N1CCC(C(=O)N2CCCCC2CC)CC1. The second kappa shape index (κ2) is 7.77. The highest BCUT2D eigenvalue weighted by molar-refractivity contribution is 7.89. The summed E-state index contributed by atoms with van der Waals surface area (Å²) in [5.74, 6) is 0.495. The van der Waals surface area contributed by atoms with E-state index in [-0.39, 0.29) is 17.6 Å². The Bertz CT molecular complexity index is 470. The number of rotatable bonds is 5. The van der Waals surface area contributed by atoms with Gasteiger partial charge in [-0.15, -0.1) is 0 Å². The number of sulfonamides is 1. The van der Waals surface area contributed by atoms with E-state index < -0.39 is 10.0 Å². The fraction of sp³-hybridized carbons (Fsp3) is 0.938. The van der Waals surface area contributed by atoms with Gasteiger partial charge in [-0.25, -0.2) is 12.7 Å². The van der Waals surface area contributed by atoms with Crippen LogP contribution in [0.1, 0.15) is 58.8 Å². The standard InChI is InChI=1S/C16H30N2O3S/c1-3-13-22(20,21)17-11-8-14(9-12-17)16(19)18-10-6-5-7-15(18)4-2/h14-15H,3-13H2,1-2H3. The van der Waals surface area contributed by atoms with E-state index in [1.54, 1.807) is 4.31 Å². The number of likely N-dealkylation sites (tertiary alicyclic amines) is 1. The summed E-state index contributed by atoms with van der Waals surface area (Å²) in [5, 5.41) is 0. The minimum atomic E-state index is -3.11. The molecule has 0 aromatic carbocycles. The van der Waals surface area contributed by atoms with Crippen LogP contribution in [0.3, 0.4) is 0 Å². The molecule has 2 aliphatic heterocycles. The van der Waals surface area contributed by atoms with Crippen LogP contribution in [-0.2, 0) is 14.8 Å². The Morgan fingerprint density at radius 2 is 1.73 bits per heavy atom. The maximum Gasteiger partial charge on any atom is 0.226 e.